The Labute approximate surface area is 75.9 Å². The van der Waals surface area contributed by atoms with Crippen molar-refractivity contribution in [2.24, 2.45) is 5.73 Å². The summed E-state index contributed by atoms with van der Waals surface area (Å²) in [5.74, 6) is 0. The number of carbonyl (C=O) groups is 1. The molecule has 12 heavy (non-hydrogen) atoms. The van der Waals surface area contributed by atoms with E-state index in [1.807, 2.05) is 50.2 Å². The molecule has 70 valence electrons. The standard InChI is InChI=1S/C6H6.C2H5NO.C2H6.H2/c1-2-4-6-5-3-1;3-1-2-4;1-2;/h1-6H;2H,1,3H2;1-2H3;1H. The molecule has 0 fully saturated rings. The Hall–Kier alpha value is -1.15. The van der Waals surface area contributed by atoms with E-state index in [1.165, 1.54) is 0 Å². The molecule has 2 nitrogen and oxygen atoms in total. The van der Waals surface area contributed by atoms with Crippen LogP contribution in [0, 0.1) is 0 Å². The summed E-state index contributed by atoms with van der Waals surface area (Å²) >= 11 is 0. The van der Waals surface area contributed by atoms with Gasteiger partial charge >= 0.3 is 0 Å². The van der Waals surface area contributed by atoms with Gasteiger partial charge in [-0.2, -0.15) is 0 Å². The van der Waals surface area contributed by atoms with Gasteiger partial charge in [-0.25, -0.2) is 0 Å². The van der Waals surface area contributed by atoms with Crippen molar-refractivity contribution in [3.63, 3.8) is 0 Å². The van der Waals surface area contributed by atoms with Gasteiger partial charge in [0.25, 0.3) is 0 Å². The van der Waals surface area contributed by atoms with Crippen molar-refractivity contribution in [1.29, 1.82) is 0 Å². The van der Waals surface area contributed by atoms with Crippen LogP contribution in [0.2, 0.25) is 0 Å². The minimum Gasteiger partial charge on any atom is -0.324 e. The van der Waals surface area contributed by atoms with Gasteiger partial charge in [0.2, 0.25) is 0 Å². The van der Waals surface area contributed by atoms with Crippen LogP contribution in [0.5, 0.6) is 0 Å². The van der Waals surface area contributed by atoms with Crippen LogP contribution in [0.3, 0.4) is 0 Å². The van der Waals surface area contributed by atoms with Crippen molar-refractivity contribution < 1.29 is 6.22 Å². The second kappa shape index (κ2) is 16.4. The van der Waals surface area contributed by atoms with Gasteiger partial charge in [0.15, 0.2) is 0 Å². The highest BCUT2D eigenvalue weighted by Gasteiger charge is 1.57. The van der Waals surface area contributed by atoms with Crippen LogP contribution in [-0.4, -0.2) is 12.8 Å². The van der Waals surface area contributed by atoms with E-state index in [9.17, 15) is 0 Å². The third-order valence-corrected chi connectivity index (χ3v) is 0.763. The number of aldehydes is 1. The van der Waals surface area contributed by atoms with Gasteiger partial charge in [-0.1, -0.05) is 50.2 Å². The molecular weight excluding hydrogens is 150 g/mol. The molecule has 0 aliphatic carbocycles. The van der Waals surface area contributed by atoms with E-state index in [1.54, 1.807) is 0 Å². The summed E-state index contributed by atoms with van der Waals surface area (Å²) < 4.78 is 0. The zero-order valence-corrected chi connectivity index (χ0v) is 7.73. The Bertz CT molecular complexity index is 130. The molecule has 0 atom stereocenters. The molecule has 0 amide bonds. The van der Waals surface area contributed by atoms with Crippen molar-refractivity contribution >= 4 is 6.29 Å². The summed E-state index contributed by atoms with van der Waals surface area (Å²) in [5.41, 5.74) is 4.66. The maximum absolute atomic E-state index is 9.05. The van der Waals surface area contributed by atoms with E-state index >= 15 is 0 Å². The van der Waals surface area contributed by atoms with Gasteiger partial charge in [-0.3, -0.25) is 0 Å². The lowest BCUT2D eigenvalue weighted by Crippen LogP contribution is -1.97. The summed E-state index contributed by atoms with van der Waals surface area (Å²) in [7, 11) is 0. The third kappa shape index (κ3) is 15.9. The molecule has 0 bridgehead atoms. The minimum atomic E-state index is 0. The molecule has 0 unspecified atom stereocenters. The average molecular weight is 169 g/mol. The lowest BCUT2D eigenvalue weighted by molar-refractivity contribution is -0.106. The number of rotatable bonds is 1. The van der Waals surface area contributed by atoms with Crippen molar-refractivity contribution in [2.75, 3.05) is 6.54 Å². The van der Waals surface area contributed by atoms with E-state index < -0.39 is 0 Å². The molecular formula is C10H19NO. The maximum Gasteiger partial charge on any atom is 0.133 e. The Kier molecular flexibility index (Phi) is 18.4. The number of hydrogen-bond donors (Lipinski definition) is 1. The molecule has 0 aliphatic rings. The molecule has 2 N–H and O–H groups in total. The van der Waals surface area contributed by atoms with Gasteiger partial charge in [-0.05, 0) is 0 Å². The zero-order chi connectivity index (χ0) is 9.66. The highest BCUT2D eigenvalue weighted by atomic mass is 16.1. The highest BCUT2D eigenvalue weighted by molar-refractivity contribution is 5.51. The zero-order valence-electron chi connectivity index (χ0n) is 7.73. The molecule has 0 radical (unpaired) electrons. The fraction of sp³-hybridized carbons (Fsp3) is 0.300. The number of nitrogens with two attached hydrogens (primary N) is 1. The van der Waals surface area contributed by atoms with E-state index in [4.69, 9.17) is 4.79 Å². The molecule has 0 heterocycles. The largest absolute Gasteiger partial charge is 0.324 e. The van der Waals surface area contributed by atoms with E-state index in [0.29, 0.717) is 6.29 Å². The van der Waals surface area contributed by atoms with Gasteiger partial charge in [0.05, 0.1) is 0 Å². The van der Waals surface area contributed by atoms with Crippen LogP contribution in [-0.2, 0) is 4.79 Å². The first-order chi connectivity index (χ1) is 5.91. The van der Waals surface area contributed by atoms with Crippen LogP contribution >= 0.6 is 0 Å². The quantitative estimate of drug-likeness (QED) is 0.654. The smallest absolute Gasteiger partial charge is 0.133 e. The third-order valence-electron chi connectivity index (χ3n) is 0.763. The normalized spacial score (nSPS) is 6.58. The topological polar surface area (TPSA) is 43.1 Å². The van der Waals surface area contributed by atoms with Crippen molar-refractivity contribution in [1.82, 2.24) is 0 Å². The SMILES string of the molecule is CC.NCC=O.[HH].c1ccccc1. The molecule has 2 heteroatoms. The first kappa shape index (κ1) is 13.4. The Morgan fingerprint density at radius 3 is 1.33 bits per heavy atom. The molecule has 0 aliphatic heterocycles. The molecule has 0 saturated carbocycles. The van der Waals surface area contributed by atoms with Crippen LogP contribution < -0.4 is 5.73 Å². The summed E-state index contributed by atoms with van der Waals surface area (Å²) in [6, 6.07) is 12.0. The van der Waals surface area contributed by atoms with Crippen LogP contribution in [0.4, 0.5) is 0 Å². The predicted octanol–water partition coefficient (Wildman–Crippen LogP) is 2.10. The summed E-state index contributed by atoms with van der Waals surface area (Å²) in [6.45, 7) is 4.14. The first-order valence-electron chi connectivity index (χ1n) is 4.05. The number of hydrogen-bond acceptors (Lipinski definition) is 2. The Morgan fingerprint density at radius 1 is 1.08 bits per heavy atom. The van der Waals surface area contributed by atoms with Crippen molar-refractivity contribution in [3.8, 4) is 0 Å². The Morgan fingerprint density at radius 2 is 1.25 bits per heavy atom. The summed E-state index contributed by atoms with van der Waals surface area (Å²) in [4.78, 5) is 9.05. The fourth-order valence-electron chi connectivity index (χ4n) is 0.385. The predicted molar refractivity (Wildman–Crippen MR) is 55.0 cm³/mol. The second-order valence-corrected chi connectivity index (χ2v) is 1.56. The van der Waals surface area contributed by atoms with Gasteiger partial charge in [-0.15, -0.1) is 0 Å². The van der Waals surface area contributed by atoms with Crippen molar-refractivity contribution in [3.05, 3.63) is 36.4 Å². The van der Waals surface area contributed by atoms with E-state index in [0.717, 1.165) is 0 Å². The molecule has 0 saturated heterocycles. The van der Waals surface area contributed by atoms with E-state index in [2.05, 4.69) is 5.73 Å². The fourth-order valence-corrected chi connectivity index (χ4v) is 0.385. The lowest BCUT2D eigenvalue weighted by atomic mass is 10.4. The average Bonchev–Trinajstić information content (AvgIpc) is 2.24. The van der Waals surface area contributed by atoms with E-state index in [-0.39, 0.29) is 7.97 Å². The Balaban J connectivity index is -0.000000128. The van der Waals surface area contributed by atoms with Crippen LogP contribution in [0.25, 0.3) is 0 Å². The lowest BCUT2D eigenvalue weighted by Gasteiger charge is -1.69. The second-order valence-electron chi connectivity index (χ2n) is 1.56. The molecule has 0 spiro atoms. The minimum absolute atomic E-state index is 0. The monoisotopic (exact) mass is 169 g/mol. The highest BCUT2D eigenvalue weighted by Crippen LogP contribution is 1.79. The molecule has 1 aromatic rings. The van der Waals surface area contributed by atoms with Gasteiger partial charge in [0, 0.05) is 7.97 Å². The van der Waals surface area contributed by atoms with Crippen LogP contribution in [0.15, 0.2) is 36.4 Å². The van der Waals surface area contributed by atoms with Crippen molar-refractivity contribution in [2.45, 2.75) is 13.8 Å². The summed E-state index contributed by atoms with van der Waals surface area (Å²) in [5, 5.41) is 0. The summed E-state index contributed by atoms with van der Waals surface area (Å²) in [6.07, 6.45) is 0.653. The number of benzene rings is 1. The maximum atomic E-state index is 9.05. The van der Waals surface area contributed by atoms with Gasteiger partial charge in [0.1, 0.15) is 6.29 Å². The van der Waals surface area contributed by atoms with Gasteiger partial charge < -0.3 is 10.5 Å². The number of carbonyl (C=O) groups excluding carboxylic acids is 1. The molecule has 1 aromatic carbocycles. The van der Waals surface area contributed by atoms with Crippen LogP contribution in [0.1, 0.15) is 15.3 Å². The molecule has 0 aromatic heterocycles. The first-order valence-corrected chi connectivity index (χ1v) is 4.05. The molecule has 1 rings (SSSR count).